The van der Waals surface area contributed by atoms with Gasteiger partial charge < -0.3 is 19.7 Å². The summed E-state index contributed by atoms with van der Waals surface area (Å²) in [6, 6.07) is 14.8. The number of ether oxygens (including phenoxy) is 1. The first-order chi connectivity index (χ1) is 23.6. The molecule has 1 saturated heterocycles. The van der Waals surface area contributed by atoms with Crippen LogP contribution in [0.2, 0.25) is 0 Å². The maximum absolute atomic E-state index is 14.1. The second-order valence-corrected chi connectivity index (χ2v) is 15.8. The van der Waals surface area contributed by atoms with E-state index in [0.717, 1.165) is 67.0 Å². The van der Waals surface area contributed by atoms with Gasteiger partial charge in [0.05, 0.1) is 39.2 Å². The highest BCUT2D eigenvalue weighted by Gasteiger charge is 2.50. The third-order valence-corrected chi connectivity index (χ3v) is 12.7. The van der Waals surface area contributed by atoms with Crippen molar-refractivity contribution in [3.63, 3.8) is 0 Å². The van der Waals surface area contributed by atoms with Gasteiger partial charge in [0, 0.05) is 32.5 Å². The summed E-state index contributed by atoms with van der Waals surface area (Å²) >= 11 is 0. The Morgan fingerprint density at radius 1 is 1.08 bits per heavy atom. The van der Waals surface area contributed by atoms with Gasteiger partial charge in [-0.05, 0) is 112 Å². The van der Waals surface area contributed by atoms with E-state index in [2.05, 4.69) is 10.3 Å². The van der Waals surface area contributed by atoms with Crippen LogP contribution in [0, 0.1) is 18.3 Å². The van der Waals surface area contributed by atoms with E-state index in [4.69, 9.17) is 4.74 Å². The van der Waals surface area contributed by atoms with Crippen molar-refractivity contribution < 1.29 is 36.2 Å². The van der Waals surface area contributed by atoms with Gasteiger partial charge in [-0.25, -0.2) is 13.4 Å². The second-order valence-electron chi connectivity index (χ2n) is 13.8. The summed E-state index contributed by atoms with van der Waals surface area (Å²) in [7, 11) is -0.528. The molecule has 2 unspecified atom stereocenters. The number of anilines is 1. The SMILES string of the molecule is Cc1nc2cc(S(=O)(=O)N(C)c3ccc(C4CCCC(COc5ccc(C(F)(F)F)cc5)[C@]4(C)C(=O)O)cc3)cc([C@@H]3CCCNC3)c2n1C. The van der Waals surface area contributed by atoms with Crippen LogP contribution in [-0.4, -0.2) is 55.8 Å². The van der Waals surface area contributed by atoms with Gasteiger partial charge in [-0.15, -0.1) is 0 Å². The predicted molar refractivity (Wildman–Crippen MR) is 185 cm³/mol. The highest BCUT2D eigenvalue weighted by Crippen LogP contribution is 2.51. The number of piperidine rings is 1. The molecule has 3 aromatic carbocycles. The second kappa shape index (κ2) is 13.6. The Labute approximate surface area is 290 Å². The lowest BCUT2D eigenvalue weighted by Crippen LogP contribution is -2.46. The van der Waals surface area contributed by atoms with Crippen molar-refractivity contribution in [1.82, 2.24) is 14.9 Å². The minimum absolute atomic E-state index is 0.0305. The third kappa shape index (κ3) is 6.57. The summed E-state index contributed by atoms with van der Waals surface area (Å²) < 4.78 is 76.3. The molecular formula is C37H43F3N4O5S. The lowest BCUT2D eigenvalue weighted by molar-refractivity contribution is -0.156. The molecule has 13 heteroatoms. The number of aryl methyl sites for hydroxylation is 2. The first-order valence-corrected chi connectivity index (χ1v) is 18.4. The molecule has 2 fully saturated rings. The number of nitrogens with one attached hydrogen (secondary N) is 1. The predicted octanol–water partition coefficient (Wildman–Crippen LogP) is 7.25. The Morgan fingerprint density at radius 3 is 2.40 bits per heavy atom. The molecule has 2 aliphatic rings. The van der Waals surface area contributed by atoms with Gasteiger partial charge in [0.1, 0.15) is 11.6 Å². The van der Waals surface area contributed by atoms with Crippen LogP contribution in [0.25, 0.3) is 11.0 Å². The minimum Gasteiger partial charge on any atom is -0.493 e. The molecule has 9 nitrogen and oxygen atoms in total. The van der Waals surface area contributed by atoms with Crippen molar-refractivity contribution in [2.45, 2.75) is 68.9 Å². The number of aliphatic carboxylic acids is 1. The van der Waals surface area contributed by atoms with E-state index in [0.29, 0.717) is 24.0 Å². The normalized spacial score (nSPS) is 23.1. The van der Waals surface area contributed by atoms with E-state index in [-0.39, 0.29) is 23.2 Å². The molecule has 1 saturated carbocycles. The number of benzene rings is 3. The van der Waals surface area contributed by atoms with Gasteiger partial charge in [-0.3, -0.25) is 9.10 Å². The maximum atomic E-state index is 14.1. The molecule has 1 aliphatic heterocycles. The monoisotopic (exact) mass is 712 g/mol. The van der Waals surface area contributed by atoms with E-state index >= 15 is 0 Å². The highest BCUT2D eigenvalue weighted by molar-refractivity contribution is 7.92. The molecule has 1 aliphatic carbocycles. The molecule has 4 aromatic rings. The van der Waals surface area contributed by atoms with Crippen LogP contribution < -0.4 is 14.4 Å². The van der Waals surface area contributed by atoms with Crippen molar-refractivity contribution in [1.29, 1.82) is 0 Å². The number of halogens is 3. The average Bonchev–Trinajstić information content (AvgIpc) is 3.39. The Hall–Kier alpha value is -4.10. The minimum atomic E-state index is -4.46. The molecule has 268 valence electrons. The number of imidazole rings is 1. The van der Waals surface area contributed by atoms with Crippen LogP contribution in [0.1, 0.15) is 73.4 Å². The summed E-state index contributed by atoms with van der Waals surface area (Å²) in [6.07, 6.45) is -0.590. The van der Waals surface area contributed by atoms with Crippen molar-refractivity contribution in [2.24, 2.45) is 18.4 Å². The Kier molecular flexibility index (Phi) is 9.68. The molecular weight excluding hydrogens is 669 g/mol. The van der Waals surface area contributed by atoms with Gasteiger partial charge >= 0.3 is 12.1 Å². The number of alkyl halides is 3. The zero-order valence-electron chi connectivity index (χ0n) is 28.6. The summed E-state index contributed by atoms with van der Waals surface area (Å²) in [6.45, 7) is 5.33. The number of fused-ring (bicyclic) bond motifs is 1. The summed E-state index contributed by atoms with van der Waals surface area (Å²) in [5.41, 5.74) is 1.72. The number of carboxylic acid groups (broad SMARTS) is 1. The zero-order valence-corrected chi connectivity index (χ0v) is 29.4. The van der Waals surface area contributed by atoms with Gasteiger partial charge in [-0.2, -0.15) is 13.2 Å². The number of hydrogen-bond acceptors (Lipinski definition) is 6. The maximum Gasteiger partial charge on any atom is 0.416 e. The van der Waals surface area contributed by atoms with Crippen LogP contribution in [-0.2, 0) is 28.0 Å². The highest BCUT2D eigenvalue weighted by atomic mass is 32.2. The van der Waals surface area contributed by atoms with E-state index in [1.807, 2.05) is 18.5 Å². The van der Waals surface area contributed by atoms with Crippen molar-refractivity contribution in [3.05, 3.63) is 83.2 Å². The quantitative estimate of drug-likeness (QED) is 0.188. The van der Waals surface area contributed by atoms with E-state index in [9.17, 15) is 31.5 Å². The molecule has 6 rings (SSSR count). The van der Waals surface area contributed by atoms with Crippen LogP contribution in [0.5, 0.6) is 5.75 Å². The van der Waals surface area contributed by atoms with Crippen molar-refractivity contribution >= 4 is 32.7 Å². The van der Waals surface area contributed by atoms with Crippen LogP contribution >= 0.6 is 0 Å². The Balaban J connectivity index is 1.24. The molecule has 0 bridgehead atoms. The fraction of sp³-hybridized carbons (Fsp3) is 0.459. The van der Waals surface area contributed by atoms with E-state index < -0.39 is 45.0 Å². The fourth-order valence-electron chi connectivity index (χ4n) is 7.75. The topological polar surface area (TPSA) is 114 Å². The third-order valence-electron chi connectivity index (χ3n) is 11.0. The first kappa shape index (κ1) is 35.7. The van der Waals surface area contributed by atoms with Crippen LogP contribution in [0.4, 0.5) is 18.9 Å². The van der Waals surface area contributed by atoms with Crippen molar-refractivity contribution in [3.8, 4) is 5.75 Å². The summed E-state index contributed by atoms with van der Waals surface area (Å²) in [5.74, 6) is -0.607. The number of sulfonamides is 1. The number of carboxylic acids is 1. The number of aromatic nitrogens is 2. The molecule has 1 aromatic heterocycles. The molecule has 2 heterocycles. The van der Waals surface area contributed by atoms with E-state index in [1.54, 1.807) is 43.3 Å². The van der Waals surface area contributed by atoms with Gasteiger partial charge in [-0.1, -0.05) is 18.6 Å². The molecule has 0 amide bonds. The van der Waals surface area contributed by atoms with Crippen LogP contribution in [0.15, 0.2) is 65.6 Å². The van der Waals surface area contributed by atoms with Gasteiger partial charge in [0.2, 0.25) is 0 Å². The standard InChI is InChI=1S/C37H43F3N4O5S/c1-23-42-33-20-30(19-31(34(33)43(23)3)25-7-6-18-41-21-25)50(47,48)44(4)28-14-10-24(11-15-28)32-9-5-8-27(36(32,2)35(45)46)22-49-29-16-12-26(13-17-29)37(38,39)40/h10-17,19-20,25,27,32,41H,5-9,18,21-22H2,1-4H3,(H,45,46)/t25-,27?,32?,36+/m1/s1. The lowest BCUT2D eigenvalue weighted by atomic mass is 9.59. The lowest BCUT2D eigenvalue weighted by Gasteiger charge is -2.44. The Bertz CT molecular complexity index is 1970. The largest absolute Gasteiger partial charge is 0.493 e. The molecule has 0 spiro atoms. The Morgan fingerprint density at radius 2 is 1.78 bits per heavy atom. The number of nitrogens with zero attached hydrogens (tertiary/aromatic N) is 3. The van der Waals surface area contributed by atoms with Crippen molar-refractivity contribution in [2.75, 3.05) is 31.0 Å². The number of carbonyl (C=O) groups is 1. The van der Waals surface area contributed by atoms with Gasteiger partial charge in [0.25, 0.3) is 10.0 Å². The number of rotatable bonds is 9. The molecule has 4 atom stereocenters. The zero-order chi connectivity index (χ0) is 36.0. The molecule has 0 radical (unpaired) electrons. The molecule has 2 N–H and O–H groups in total. The molecule has 50 heavy (non-hydrogen) atoms. The van der Waals surface area contributed by atoms with Gasteiger partial charge in [0.15, 0.2) is 0 Å². The summed E-state index contributed by atoms with van der Waals surface area (Å²) in [5, 5.41) is 14.0. The van der Waals surface area contributed by atoms with Crippen LogP contribution in [0.3, 0.4) is 0 Å². The summed E-state index contributed by atoms with van der Waals surface area (Å²) in [4.78, 5) is 17.7. The fourth-order valence-corrected chi connectivity index (χ4v) is 9.00. The smallest absolute Gasteiger partial charge is 0.416 e. The average molecular weight is 713 g/mol. The number of hydrogen-bond donors (Lipinski definition) is 2. The first-order valence-electron chi connectivity index (χ1n) is 16.9. The van der Waals surface area contributed by atoms with E-state index in [1.165, 1.54) is 23.5 Å².